The monoisotopic (exact) mass is 533 g/mol. The Balaban J connectivity index is 1.57. The fraction of sp³-hybridized carbons (Fsp3) is 0.143. The number of amides is 2. The van der Waals surface area contributed by atoms with Crippen LogP contribution in [0.4, 0.5) is 11.4 Å². The molecule has 0 radical (unpaired) electrons. The van der Waals surface area contributed by atoms with E-state index in [1.165, 1.54) is 25.5 Å². The number of methoxy groups -OCH3 is 1. The molecular weight excluding hydrogens is 506 g/mol. The van der Waals surface area contributed by atoms with Crippen LogP contribution in [-0.2, 0) is 21.4 Å². The number of anilines is 2. The quantitative estimate of drug-likeness (QED) is 0.313. The van der Waals surface area contributed by atoms with Crippen LogP contribution in [0.15, 0.2) is 101 Å². The van der Waals surface area contributed by atoms with Gasteiger partial charge in [0.1, 0.15) is 18.1 Å². The molecule has 2 N–H and O–H groups in total. The third-order valence-corrected chi connectivity index (χ3v) is 7.50. The number of sulfonamides is 1. The van der Waals surface area contributed by atoms with Crippen molar-refractivity contribution in [2.75, 3.05) is 23.3 Å². The number of aryl methyl sites for hydroxylation is 1. The Morgan fingerprint density at radius 2 is 1.68 bits per heavy atom. The highest BCUT2D eigenvalue weighted by atomic mass is 32.2. The van der Waals surface area contributed by atoms with Gasteiger partial charge in [-0.25, -0.2) is 8.42 Å². The highest BCUT2D eigenvalue weighted by molar-refractivity contribution is 7.92. The fourth-order valence-electron chi connectivity index (χ4n) is 3.83. The molecule has 4 aromatic rings. The largest absolute Gasteiger partial charge is 0.496 e. The molecule has 0 aliphatic rings. The maximum Gasteiger partial charge on any atom is 0.264 e. The number of nitrogens with one attached hydrogen (secondary N) is 2. The number of carbonyl (C=O) groups is 2. The van der Waals surface area contributed by atoms with Gasteiger partial charge in [-0.3, -0.25) is 13.9 Å². The Labute approximate surface area is 221 Å². The van der Waals surface area contributed by atoms with E-state index in [-0.39, 0.29) is 22.7 Å². The molecule has 0 spiro atoms. The molecule has 1 aromatic heterocycles. The lowest BCUT2D eigenvalue weighted by Crippen LogP contribution is -2.38. The van der Waals surface area contributed by atoms with Crippen molar-refractivity contribution in [3.63, 3.8) is 0 Å². The first-order chi connectivity index (χ1) is 18.3. The van der Waals surface area contributed by atoms with Crippen LogP contribution < -0.4 is 19.7 Å². The van der Waals surface area contributed by atoms with Crippen LogP contribution in [0.3, 0.4) is 0 Å². The van der Waals surface area contributed by atoms with E-state index in [1.807, 2.05) is 0 Å². The summed E-state index contributed by atoms with van der Waals surface area (Å²) in [7, 11) is -2.62. The van der Waals surface area contributed by atoms with Crippen molar-refractivity contribution < 1.29 is 27.2 Å². The van der Waals surface area contributed by atoms with E-state index in [4.69, 9.17) is 9.15 Å². The third kappa shape index (κ3) is 6.04. The average Bonchev–Trinajstić information content (AvgIpc) is 3.45. The van der Waals surface area contributed by atoms with Crippen molar-refractivity contribution in [3.8, 4) is 5.75 Å². The van der Waals surface area contributed by atoms with Gasteiger partial charge in [0, 0.05) is 0 Å². The van der Waals surface area contributed by atoms with Crippen LogP contribution in [-0.4, -0.2) is 33.9 Å². The summed E-state index contributed by atoms with van der Waals surface area (Å²) in [4.78, 5) is 26.0. The van der Waals surface area contributed by atoms with Crippen molar-refractivity contribution in [2.24, 2.45) is 0 Å². The highest BCUT2D eigenvalue weighted by Crippen LogP contribution is 2.27. The minimum Gasteiger partial charge on any atom is -0.496 e. The molecule has 0 saturated heterocycles. The van der Waals surface area contributed by atoms with Crippen molar-refractivity contribution in [1.29, 1.82) is 0 Å². The van der Waals surface area contributed by atoms with Crippen molar-refractivity contribution >= 4 is 33.2 Å². The summed E-state index contributed by atoms with van der Waals surface area (Å²) in [6.45, 7) is 1.40. The molecule has 10 heteroatoms. The molecule has 1 heterocycles. The number of para-hydroxylation sites is 2. The molecule has 0 unspecified atom stereocenters. The molecule has 2 amide bonds. The number of nitrogens with zero attached hydrogens (tertiary/aromatic N) is 1. The Morgan fingerprint density at radius 3 is 2.37 bits per heavy atom. The van der Waals surface area contributed by atoms with Gasteiger partial charge in [0.25, 0.3) is 15.9 Å². The van der Waals surface area contributed by atoms with Gasteiger partial charge in [0.2, 0.25) is 5.91 Å². The molecule has 196 valence electrons. The van der Waals surface area contributed by atoms with Gasteiger partial charge in [-0.05, 0) is 67.1 Å². The van der Waals surface area contributed by atoms with E-state index >= 15 is 0 Å². The number of hydrogen-bond donors (Lipinski definition) is 2. The van der Waals surface area contributed by atoms with Crippen LogP contribution in [0.25, 0.3) is 0 Å². The molecule has 0 fully saturated rings. The summed E-state index contributed by atoms with van der Waals surface area (Å²) >= 11 is 0. The number of ether oxygens (including phenoxy) is 1. The Morgan fingerprint density at radius 1 is 0.947 bits per heavy atom. The van der Waals surface area contributed by atoms with E-state index < -0.39 is 28.4 Å². The van der Waals surface area contributed by atoms with Gasteiger partial charge >= 0.3 is 0 Å². The van der Waals surface area contributed by atoms with Crippen LogP contribution >= 0.6 is 0 Å². The van der Waals surface area contributed by atoms with Crippen LogP contribution in [0, 0.1) is 6.92 Å². The molecule has 0 bridgehead atoms. The van der Waals surface area contributed by atoms with Crippen molar-refractivity contribution in [3.05, 3.63) is 108 Å². The lowest BCUT2D eigenvalue weighted by Gasteiger charge is -2.24. The van der Waals surface area contributed by atoms with Crippen LogP contribution in [0.5, 0.6) is 5.75 Å². The van der Waals surface area contributed by atoms with Crippen LogP contribution in [0.2, 0.25) is 0 Å². The Kier molecular flexibility index (Phi) is 8.12. The summed E-state index contributed by atoms with van der Waals surface area (Å²) in [5.74, 6) is 0.0970. The zero-order valence-corrected chi connectivity index (χ0v) is 21.7. The molecule has 9 nitrogen and oxygen atoms in total. The second-order valence-corrected chi connectivity index (χ2v) is 10.2. The number of furan rings is 1. The Bertz CT molecular complexity index is 1520. The SMILES string of the molecule is COc1ccc(S(=O)(=O)N(CC(=O)Nc2ccccc2C(=O)NCc2ccco2)c2ccccc2)cc1C. The van der Waals surface area contributed by atoms with E-state index in [1.54, 1.807) is 79.7 Å². The van der Waals surface area contributed by atoms with Gasteiger partial charge in [0.05, 0.1) is 41.8 Å². The van der Waals surface area contributed by atoms with Crippen molar-refractivity contribution in [1.82, 2.24) is 5.32 Å². The molecule has 38 heavy (non-hydrogen) atoms. The predicted octanol–water partition coefficient (Wildman–Crippen LogP) is 4.36. The highest BCUT2D eigenvalue weighted by Gasteiger charge is 2.28. The summed E-state index contributed by atoms with van der Waals surface area (Å²) < 4.78 is 38.9. The first-order valence-electron chi connectivity index (χ1n) is 11.7. The first-order valence-corrected chi connectivity index (χ1v) is 13.2. The van der Waals surface area contributed by atoms with E-state index in [0.717, 1.165) is 4.31 Å². The molecule has 3 aromatic carbocycles. The third-order valence-electron chi connectivity index (χ3n) is 5.73. The zero-order chi connectivity index (χ0) is 27.1. The summed E-state index contributed by atoms with van der Waals surface area (Å²) in [6.07, 6.45) is 1.51. The fourth-order valence-corrected chi connectivity index (χ4v) is 5.34. The molecule has 0 aliphatic heterocycles. The van der Waals surface area contributed by atoms with Gasteiger partial charge in [-0.15, -0.1) is 0 Å². The number of carbonyl (C=O) groups excluding carboxylic acids is 2. The smallest absolute Gasteiger partial charge is 0.264 e. The number of rotatable bonds is 10. The summed E-state index contributed by atoms with van der Waals surface area (Å²) in [5, 5.41) is 5.43. The van der Waals surface area contributed by atoms with Crippen LogP contribution in [0.1, 0.15) is 21.7 Å². The molecule has 0 saturated carbocycles. The zero-order valence-electron chi connectivity index (χ0n) is 20.9. The van der Waals surface area contributed by atoms with Gasteiger partial charge in [-0.1, -0.05) is 30.3 Å². The first kappa shape index (κ1) is 26.5. The molecule has 0 atom stereocenters. The van der Waals surface area contributed by atoms with E-state index in [0.29, 0.717) is 22.8 Å². The summed E-state index contributed by atoms with van der Waals surface area (Å²) in [6, 6.07) is 22.8. The lowest BCUT2D eigenvalue weighted by atomic mass is 10.1. The maximum absolute atomic E-state index is 13.7. The van der Waals surface area contributed by atoms with Gasteiger partial charge < -0.3 is 19.8 Å². The molecule has 4 rings (SSSR count). The minimum atomic E-state index is -4.12. The maximum atomic E-state index is 13.7. The minimum absolute atomic E-state index is 0.0187. The van der Waals surface area contributed by atoms with E-state index in [2.05, 4.69) is 10.6 Å². The summed E-state index contributed by atoms with van der Waals surface area (Å²) in [5.41, 5.74) is 1.44. The predicted molar refractivity (Wildman–Crippen MR) is 144 cm³/mol. The number of hydrogen-bond acceptors (Lipinski definition) is 6. The normalized spacial score (nSPS) is 11.0. The topological polar surface area (TPSA) is 118 Å². The standard InChI is InChI=1S/C28H27N3O6S/c1-20-17-23(14-15-26(20)36-2)38(34,35)31(21-9-4-3-5-10-21)19-27(32)30-25-13-7-6-12-24(25)28(33)29-18-22-11-8-16-37-22/h3-17H,18-19H2,1-2H3,(H,29,33)(H,30,32). The molecule has 0 aliphatic carbocycles. The van der Waals surface area contributed by atoms with Gasteiger partial charge in [0.15, 0.2) is 0 Å². The Hall–Kier alpha value is -4.57. The second kappa shape index (κ2) is 11.7. The number of benzene rings is 3. The second-order valence-electron chi connectivity index (χ2n) is 8.33. The molecular formula is C28H27N3O6S. The van der Waals surface area contributed by atoms with Gasteiger partial charge in [-0.2, -0.15) is 0 Å². The lowest BCUT2D eigenvalue weighted by molar-refractivity contribution is -0.114. The van der Waals surface area contributed by atoms with Crippen molar-refractivity contribution in [2.45, 2.75) is 18.4 Å². The average molecular weight is 534 g/mol. The van der Waals surface area contributed by atoms with E-state index in [9.17, 15) is 18.0 Å².